The van der Waals surface area contributed by atoms with Crippen LogP contribution in [-0.2, 0) is 33.3 Å². The zero-order chi connectivity index (χ0) is 38.5. The van der Waals surface area contributed by atoms with E-state index in [1.165, 1.54) is 57.8 Å². The number of carboxylic acids is 1. The first-order valence-corrected chi connectivity index (χ1v) is 20.3. The van der Waals surface area contributed by atoms with Crippen LogP contribution in [0, 0.1) is 0 Å². The Labute approximate surface area is 317 Å². The van der Waals surface area contributed by atoms with E-state index in [4.69, 9.17) is 18.9 Å². The van der Waals surface area contributed by atoms with Gasteiger partial charge in [0.15, 0.2) is 6.10 Å². The molecule has 0 aliphatic carbocycles. The predicted molar refractivity (Wildman–Crippen MR) is 212 cm³/mol. The molecule has 52 heavy (non-hydrogen) atoms. The number of carbonyl (C=O) groups is 3. The quantitative estimate of drug-likeness (QED) is 0.0223. The highest BCUT2D eigenvalue weighted by molar-refractivity contribution is 5.71. The molecule has 2 unspecified atom stereocenters. The van der Waals surface area contributed by atoms with E-state index in [0.29, 0.717) is 23.9 Å². The lowest BCUT2D eigenvalue weighted by molar-refractivity contribution is -0.870. The van der Waals surface area contributed by atoms with Gasteiger partial charge < -0.3 is 28.5 Å². The number of ether oxygens (including phenoxy) is 4. The molecule has 0 spiro atoms. The molecule has 9 heteroatoms. The van der Waals surface area contributed by atoms with Gasteiger partial charge in [-0.25, -0.2) is 4.79 Å². The van der Waals surface area contributed by atoms with Gasteiger partial charge in [0.25, 0.3) is 6.29 Å². The lowest BCUT2D eigenvalue weighted by atomic mass is 10.0. The molecule has 9 nitrogen and oxygen atoms in total. The lowest BCUT2D eigenvalue weighted by Crippen LogP contribution is -2.40. The molecular weight excluding hydrogens is 658 g/mol. The summed E-state index contributed by atoms with van der Waals surface area (Å²) in [7, 11) is 5.93. The predicted octanol–water partition coefficient (Wildman–Crippen LogP) is 10.0. The highest BCUT2D eigenvalue weighted by Crippen LogP contribution is 2.13. The summed E-state index contributed by atoms with van der Waals surface area (Å²) in [6.45, 7) is 4.68. The fourth-order valence-corrected chi connectivity index (χ4v) is 5.18. The summed E-state index contributed by atoms with van der Waals surface area (Å²) in [5.74, 6) is -2.07. The zero-order valence-corrected chi connectivity index (χ0v) is 33.7. The van der Waals surface area contributed by atoms with Crippen molar-refractivity contribution in [3.05, 3.63) is 48.6 Å². The second-order valence-electron chi connectivity index (χ2n) is 14.6. The molecule has 0 radical (unpaired) electrons. The molecule has 0 saturated carbocycles. The van der Waals surface area contributed by atoms with Crippen molar-refractivity contribution in [3.63, 3.8) is 0 Å². The Balaban J connectivity index is 4.59. The number of hydrogen-bond donors (Lipinski definition) is 1. The van der Waals surface area contributed by atoms with Crippen LogP contribution >= 0.6 is 0 Å². The van der Waals surface area contributed by atoms with Crippen LogP contribution in [0.4, 0.5) is 0 Å². The zero-order valence-electron chi connectivity index (χ0n) is 33.7. The molecule has 0 aromatic rings. The van der Waals surface area contributed by atoms with Crippen LogP contribution in [0.2, 0.25) is 0 Å². The molecule has 0 heterocycles. The molecule has 0 fully saturated rings. The number of rotatable bonds is 36. The number of esters is 2. The Morgan fingerprint density at radius 1 is 0.596 bits per heavy atom. The van der Waals surface area contributed by atoms with Crippen LogP contribution in [0.25, 0.3) is 0 Å². The van der Waals surface area contributed by atoms with E-state index < -0.39 is 24.3 Å². The minimum absolute atomic E-state index is 0.179. The van der Waals surface area contributed by atoms with E-state index in [-0.39, 0.29) is 32.2 Å². The topological polar surface area (TPSA) is 108 Å². The monoisotopic (exact) mass is 735 g/mol. The maximum absolute atomic E-state index is 12.7. The summed E-state index contributed by atoms with van der Waals surface area (Å²) in [5.41, 5.74) is 0. The van der Waals surface area contributed by atoms with Gasteiger partial charge in [0.05, 0.1) is 34.4 Å². The van der Waals surface area contributed by atoms with Crippen LogP contribution in [-0.4, -0.2) is 87.4 Å². The average molecular weight is 735 g/mol. The molecule has 0 aromatic heterocycles. The van der Waals surface area contributed by atoms with Gasteiger partial charge in [0.2, 0.25) is 0 Å². The Kier molecular flexibility index (Phi) is 33.4. The van der Waals surface area contributed by atoms with Crippen LogP contribution in [0.15, 0.2) is 48.6 Å². The van der Waals surface area contributed by atoms with E-state index in [2.05, 4.69) is 62.5 Å². The van der Waals surface area contributed by atoms with Crippen molar-refractivity contribution < 1.29 is 42.9 Å². The Morgan fingerprint density at radius 3 is 1.63 bits per heavy atom. The smallest absolute Gasteiger partial charge is 0.361 e. The minimum Gasteiger partial charge on any atom is -0.477 e. The van der Waals surface area contributed by atoms with Crippen molar-refractivity contribution in [2.75, 3.05) is 47.5 Å². The van der Waals surface area contributed by atoms with Gasteiger partial charge in [-0.15, -0.1) is 0 Å². The van der Waals surface area contributed by atoms with E-state index in [0.717, 1.165) is 57.8 Å². The minimum atomic E-state index is -1.52. The van der Waals surface area contributed by atoms with Crippen molar-refractivity contribution >= 4 is 17.9 Å². The molecule has 0 aliphatic rings. The van der Waals surface area contributed by atoms with E-state index >= 15 is 0 Å². The van der Waals surface area contributed by atoms with Crippen molar-refractivity contribution in [1.29, 1.82) is 0 Å². The number of allylic oxidation sites excluding steroid dienone is 8. The maximum atomic E-state index is 12.7. The third-order valence-electron chi connectivity index (χ3n) is 8.35. The van der Waals surface area contributed by atoms with Crippen LogP contribution in [0.1, 0.15) is 149 Å². The van der Waals surface area contributed by atoms with E-state index in [1.807, 2.05) is 21.1 Å². The molecule has 2 atom stereocenters. The maximum Gasteiger partial charge on any atom is 0.361 e. The summed E-state index contributed by atoms with van der Waals surface area (Å²) in [5, 5.41) is 9.60. The van der Waals surface area contributed by atoms with Crippen LogP contribution in [0.3, 0.4) is 0 Å². The van der Waals surface area contributed by atoms with Gasteiger partial charge in [0, 0.05) is 12.8 Å². The van der Waals surface area contributed by atoms with Gasteiger partial charge in [-0.2, -0.15) is 0 Å². The summed E-state index contributed by atoms with van der Waals surface area (Å²) in [4.78, 5) is 36.9. The molecular formula is C43H76NO8+. The number of carboxylic acid groups (broad SMARTS) is 1. The first-order valence-electron chi connectivity index (χ1n) is 20.3. The van der Waals surface area contributed by atoms with Crippen LogP contribution < -0.4 is 0 Å². The molecule has 0 aromatic carbocycles. The third kappa shape index (κ3) is 35.6. The highest BCUT2D eigenvalue weighted by Gasteiger charge is 2.25. The summed E-state index contributed by atoms with van der Waals surface area (Å²) < 4.78 is 22.6. The second-order valence-corrected chi connectivity index (χ2v) is 14.6. The lowest BCUT2D eigenvalue weighted by Gasteiger charge is -2.25. The van der Waals surface area contributed by atoms with Gasteiger partial charge in [-0.1, -0.05) is 133 Å². The van der Waals surface area contributed by atoms with Gasteiger partial charge in [-0.3, -0.25) is 9.59 Å². The number of likely N-dealkylation sites (N-methyl/N-ethyl adjacent to an activating group) is 1. The number of quaternary nitrogens is 1. The molecule has 0 aliphatic heterocycles. The van der Waals surface area contributed by atoms with Crippen molar-refractivity contribution in [2.24, 2.45) is 0 Å². The van der Waals surface area contributed by atoms with E-state index in [9.17, 15) is 19.5 Å². The normalized spacial score (nSPS) is 13.5. The molecule has 0 bridgehead atoms. The first kappa shape index (κ1) is 49.2. The van der Waals surface area contributed by atoms with Crippen molar-refractivity contribution in [2.45, 2.75) is 161 Å². The highest BCUT2D eigenvalue weighted by atomic mass is 16.7. The standard InChI is InChI=1S/C43H75NO8/c1-6-8-10-12-14-16-18-20-21-22-24-26-28-30-32-34-41(46)52-39(38-51-43(42(47)48)49-36-35-44(3,4)5)37-50-40(45)33-31-29-27-25-23-19-17-15-13-11-9-7-2/h8,10,14,16,20-21,24,26,39,43H,6-7,9,11-13,15,17-19,22-23,25,27-38H2,1-5H3/p+1/b10-8-,16-14-,21-20-,26-24-. The third-order valence-corrected chi connectivity index (χ3v) is 8.35. The number of carbonyl (C=O) groups excluding carboxylic acids is 2. The fraction of sp³-hybridized carbons (Fsp3) is 0.744. The molecule has 0 amide bonds. The van der Waals surface area contributed by atoms with Gasteiger partial charge >= 0.3 is 17.9 Å². The summed E-state index contributed by atoms with van der Waals surface area (Å²) >= 11 is 0. The van der Waals surface area contributed by atoms with Gasteiger partial charge in [-0.05, 0) is 51.4 Å². The molecule has 0 saturated heterocycles. The number of aliphatic carboxylic acids is 1. The summed E-state index contributed by atoms with van der Waals surface area (Å²) in [6, 6.07) is 0. The average Bonchev–Trinajstić information content (AvgIpc) is 3.09. The van der Waals surface area contributed by atoms with Crippen molar-refractivity contribution in [3.8, 4) is 0 Å². The second kappa shape index (κ2) is 35.3. The number of nitrogens with zero attached hydrogens (tertiary/aromatic N) is 1. The van der Waals surface area contributed by atoms with Crippen LogP contribution in [0.5, 0.6) is 0 Å². The summed E-state index contributed by atoms with van der Waals surface area (Å²) in [6.07, 6.45) is 36.0. The molecule has 1 N–H and O–H groups in total. The Hall–Kier alpha value is -2.75. The molecule has 300 valence electrons. The molecule has 0 rings (SSSR count). The Bertz CT molecular complexity index is 998. The SMILES string of the molecule is CC/C=C\C/C=C\C/C=C\C/C=C\CCCCC(=O)OC(COC(=O)CCCCCCCCCCCCCC)COC(OCC[N+](C)(C)C)C(=O)O. The largest absolute Gasteiger partial charge is 0.477 e. The fourth-order valence-electron chi connectivity index (χ4n) is 5.18. The van der Waals surface area contributed by atoms with Crippen molar-refractivity contribution in [1.82, 2.24) is 0 Å². The number of hydrogen-bond acceptors (Lipinski definition) is 7. The number of unbranched alkanes of at least 4 members (excludes halogenated alkanes) is 13. The Morgan fingerprint density at radius 2 is 1.10 bits per heavy atom. The van der Waals surface area contributed by atoms with E-state index in [1.54, 1.807) is 0 Å². The first-order chi connectivity index (χ1) is 25.1. The van der Waals surface area contributed by atoms with Gasteiger partial charge in [0.1, 0.15) is 13.2 Å².